The summed E-state index contributed by atoms with van der Waals surface area (Å²) in [4.78, 5) is 12.5. The van der Waals surface area contributed by atoms with Crippen molar-refractivity contribution in [1.82, 2.24) is 0 Å². The van der Waals surface area contributed by atoms with Crippen molar-refractivity contribution >= 4 is 14.1 Å². The zero-order valence-corrected chi connectivity index (χ0v) is 14.3. The Labute approximate surface area is 122 Å². The molecule has 3 atom stereocenters. The second-order valence-electron chi connectivity index (χ2n) is 8.12. The number of carbonyl (C=O) groups is 1. The fraction of sp³-hybridized carbons (Fsp3) is 0.812. The molecule has 1 saturated carbocycles. The Hall–Kier alpha value is -0.613. The highest BCUT2D eigenvalue weighted by Crippen LogP contribution is 2.52. The van der Waals surface area contributed by atoms with Crippen LogP contribution in [0.3, 0.4) is 0 Å². The highest BCUT2D eigenvalue weighted by atomic mass is 28.4. The minimum Gasteiger partial charge on any atom is -0.541 e. The fourth-order valence-corrected chi connectivity index (χ4v) is 4.48. The lowest BCUT2D eigenvalue weighted by Gasteiger charge is -2.39. The molecule has 1 aliphatic carbocycles. The third-order valence-electron chi connectivity index (χ3n) is 5.75. The lowest BCUT2D eigenvalue weighted by molar-refractivity contribution is -0.134. The van der Waals surface area contributed by atoms with Crippen LogP contribution < -0.4 is 0 Å². The highest BCUT2D eigenvalue weighted by Gasteiger charge is 2.56. The zero-order valence-electron chi connectivity index (χ0n) is 13.3. The van der Waals surface area contributed by atoms with Gasteiger partial charge < -0.3 is 9.16 Å². The number of carbonyl (C=O) groups excluding carboxylic acids is 1. The maximum atomic E-state index is 12.5. The summed E-state index contributed by atoms with van der Waals surface area (Å²) in [5.74, 6) is 1.21. The maximum absolute atomic E-state index is 12.5. The van der Waals surface area contributed by atoms with Crippen molar-refractivity contribution in [3.05, 3.63) is 11.8 Å². The number of ketones is 1. The summed E-state index contributed by atoms with van der Waals surface area (Å²) < 4.78 is 12.4. The van der Waals surface area contributed by atoms with E-state index in [0.717, 1.165) is 12.8 Å². The van der Waals surface area contributed by atoms with Gasteiger partial charge in [0.1, 0.15) is 11.9 Å². The third kappa shape index (κ3) is 1.99. The second kappa shape index (κ2) is 4.20. The van der Waals surface area contributed by atoms with Crippen LogP contribution in [0, 0.1) is 5.92 Å². The van der Waals surface area contributed by atoms with E-state index in [2.05, 4.69) is 33.9 Å². The molecule has 112 valence electrons. The van der Waals surface area contributed by atoms with Gasteiger partial charge in [0.15, 0.2) is 0 Å². The first-order chi connectivity index (χ1) is 9.15. The molecule has 0 aromatic heterocycles. The number of hydrogen-bond acceptors (Lipinski definition) is 3. The van der Waals surface area contributed by atoms with Gasteiger partial charge in [0.25, 0.3) is 8.32 Å². The van der Waals surface area contributed by atoms with E-state index < -0.39 is 8.32 Å². The maximum Gasteiger partial charge on any atom is 0.250 e. The first kappa shape index (κ1) is 14.3. The van der Waals surface area contributed by atoms with Crippen LogP contribution >= 0.6 is 0 Å². The lowest BCUT2D eigenvalue weighted by Crippen LogP contribution is -2.45. The second-order valence-corrected chi connectivity index (χ2v) is 12.8. The molecule has 0 radical (unpaired) electrons. The summed E-state index contributed by atoms with van der Waals surface area (Å²) in [6.45, 7) is 11.0. The van der Waals surface area contributed by atoms with E-state index in [9.17, 15) is 4.79 Å². The first-order valence-corrected chi connectivity index (χ1v) is 10.7. The standard InChI is InChI=1S/C16H26O3Si/c1-15(2,3)20(4,5)19-13-10-16-8-6-7-11(16)9-12(18-16)14(13)17/h10-12H,6-9H2,1-5H3/t11-,12+,16+/m1/s1. The molecule has 4 heteroatoms. The Bertz CT molecular complexity index is 475. The molecule has 0 aromatic carbocycles. The van der Waals surface area contributed by atoms with Gasteiger partial charge in [-0.1, -0.05) is 20.8 Å². The molecular weight excluding hydrogens is 268 g/mol. The van der Waals surface area contributed by atoms with Gasteiger partial charge in [-0.25, -0.2) is 0 Å². The van der Waals surface area contributed by atoms with Crippen molar-refractivity contribution in [2.45, 2.75) is 76.3 Å². The van der Waals surface area contributed by atoms with Crippen LogP contribution in [0.1, 0.15) is 46.5 Å². The number of fused-ring (bicyclic) bond motifs is 1. The molecule has 0 N–H and O–H groups in total. The average molecular weight is 294 g/mol. The van der Waals surface area contributed by atoms with Crippen molar-refractivity contribution in [2.24, 2.45) is 5.92 Å². The van der Waals surface area contributed by atoms with Gasteiger partial charge in [-0.3, -0.25) is 4.79 Å². The molecule has 1 saturated heterocycles. The molecule has 0 aromatic rings. The summed E-state index contributed by atoms with van der Waals surface area (Å²) >= 11 is 0. The van der Waals surface area contributed by atoms with E-state index in [4.69, 9.17) is 9.16 Å². The molecule has 3 nitrogen and oxygen atoms in total. The van der Waals surface area contributed by atoms with Crippen LogP contribution in [-0.4, -0.2) is 25.8 Å². The van der Waals surface area contributed by atoms with E-state index in [1.165, 1.54) is 12.8 Å². The van der Waals surface area contributed by atoms with E-state index in [0.29, 0.717) is 11.7 Å². The number of hydrogen-bond donors (Lipinski definition) is 0. The van der Waals surface area contributed by atoms with Gasteiger partial charge in [0.05, 0.1) is 5.60 Å². The van der Waals surface area contributed by atoms with Gasteiger partial charge in [0.2, 0.25) is 5.78 Å². The fourth-order valence-electron chi connectivity index (χ4n) is 3.46. The Kier molecular flexibility index (Phi) is 3.01. The van der Waals surface area contributed by atoms with Crippen molar-refractivity contribution in [3.8, 4) is 0 Å². The Morgan fingerprint density at radius 1 is 1.40 bits per heavy atom. The molecular formula is C16H26O3Si. The predicted molar refractivity (Wildman–Crippen MR) is 80.9 cm³/mol. The lowest BCUT2D eigenvalue weighted by atomic mass is 9.91. The summed E-state index contributed by atoms with van der Waals surface area (Å²) in [6, 6.07) is 0. The number of Topliss-reactive ketones (excluding diaryl/α,β-unsaturated/α-hetero) is 1. The molecule has 3 aliphatic rings. The van der Waals surface area contributed by atoms with Crippen molar-refractivity contribution in [3.63, 3.8) is 0 Å². The van der Waals surface area contributed by atoms with Gasteiger partial charge in [-0.2, -0.15) is 0 Å². The monoisotopic (exact) mass is 294 g/mol. The Morgan fingerprint density at radius 2 is 2.10 bits per heavy atom. The van der Waals surface area contributed by atoms with Crippen molar-refractivity contribution in [2.75, 3.05) is 0 Å². The van der Waals surface area contributed by atoms with Gasteiger partial charge >= 0.3 is 0 Å². The third-order valence-corrected chi connectivity index (χ3v) is 10.1. The Balaban J connectivity index is 1.90. The van der Waals surface area contributed by atoms with E-state index >= 15 is 0 Å². The van der Waals surface area contributed by atoms with Crippen LogP contribution in [0.15, 0.2) is 11.8 Å². The van der Waals surface area contributed by atoms with Gasteiger partial charge in [-0.15, -0.1) is 0 Å². The van der Waals surface area contributed by atoms with Crippen molar-refractivity contribution < 1.29 is 14.0 Å². The smallest absolute Gasteiger partial charge is 0.250 e. The summed E-state index contributed by atoms with van der Waals surface area (Å²) in [5.41, 5.74) is -0.184. The number of ether oxygens (including phenoxy) is 1. The van der Waals surface area contributed by atoms with Gasteiger partial charge in [-0.05, 0) is 55.8 Å². The molecule has 2 fully saturated rings. The first-order valence-electron chi connectivity index (χ1n) is 7.79. The number of rotatable bonds is 2. The van der Waals surface area contributed by atoms with E-state index in [-0.39, 0.29) is 22.5 Å². The minimum atomic E-state index is -1.96. The molecule has 2 aliphatic heterocycles. The molecule has 3 rings (SSSR count). The summed E-state index contributed by atoms with van der Waals surface area (Å²) in [7, 11) is -1.96. The van der Waals surface area contributed by atoms with Crippen LogP contribution in [0.5, 0.6) is 0 Å². The molecule has 2 bridgehead atoms. The zero-order chi connectivity index (χ0) is 14.8. The molecule has 0 unspecified atom stereocenters. The Morgan fingerprint density at radius 3 is 2.75 bits per heavy atom. The SMILES string of the molecule is CC(C)(C)[Si](C)(C)OC1=C[C@@]23CCC[C@@H]2C[C@H](O3)C1=O. The topological polar surface area (TPSA) is 35.5 Å². The summed E-state index contributed by atoms with van der Waals surface area (Å²) in [5, 5.41) is 0.109. The minimum absolute atomic E-state index is 0.0786. The molecule has 0 amide bonds. The summed E-state index contributed by atoms with van der Waals surface area (Å²) in [6.07, 6.45) is 6.12. The van der Waals surface area contributed by atoms with Crippen LogP contribution in [0.4, 0.5) is 0 Å². The molecule has 2 heterocycles. The van der Waals surface area contributed by atoms with Crippen molar-refractivity contribution in [1.29, 1.82) is 0 Å². The quantitative estimate of drug-likeness (QED) is 0.727. The highest BCUT2D eigenvalue weighted by molar-refractivity contribution is 6.74. The van der Waals surface area contributed by atoms with E-state index in [1.807, 2.05) is 6.08 Å². The largest absolute Gasteiger partial charge is 0.541 e. The van der Waals surface area contributed by atoms with E-state index in [1.54, 1.807) is 0 Å². The van der Waals surface area contributed by atoms with Gasteiger partial charge in [0, 0.05) is 0 Å². The average Bonchev–Trinajstić information content (AvgIpc) is 2.78. The molecule has 1 spiro atoms. The molecule has 20 heavy (non-hydrogen) atoms. The van der Waals surface area contributed by atoms with Crippen LogP contribution in [0.25, 0.3) is 0 Å². The predicted octanol–water partition coefficient (Wildman–Crippen LogP) is 3.80. The van der Waals surface area contributed by atoms with Crippen LogP contribution in [-0.2, 0) is 14.0 Å². The van der Waals surface area contributed by atoms with Crippen LogP contribution in [0.2, 0.25) is 18.1 Å². The normalized spacial score (nSPS) is 36.9.